The van der Waals surface area contributed by atoms with Crippen LogP contribution in [0.5, 0.6) is 5.75 Å². The Morgan fingerprint density at radius 2 is 1.75 bits per heavy atom. The molecule has 0 aromatic heterocycles. The van der Waals surface area contributed by atoms with Gasteiger partial charge in [-0.2, -0.15) is 0 Å². The second-order valence-electron chi connectivity index (χ2n) is 8.83. The first-order chi connectivity index (χ1) is 17.1. The van der Waals surface area contributed by atoms with E-state index in [2.05, 4.69) is 21.2 Å². The number of halogens is 3. The van der Waals surface area contributed by atoms with Crippen molar-refractivity contribution < 1.29 is 14.3 Å². The topological polar surface area (TPSA) is 58.6 Å². The van der Waals surface area contributed by atoms with Gasteiger partial charge in [-0.25, -0.2) is 0 Å². The molecule has 0 saturated carbocycles. The molecule has 1 atom stereocenters. The third-order valence-electron chi connectivity index (χ3n) is 5.55. The minimum atomic E-state index is -0.774. The fourth-order valence-electron chi connectivity index (χ4n) is 3.70. The number of carbonyl (C=O) groups excluding carboxylic acids is 2. The zero-order chi connectivity index (χ0) is 26.2. The van der Waals surface area contributed by atoms with Crippen molar-refractivity contribution in [1.29, 1.82) is 0 Å². The van der Waals surface area contributed by atoms with E-state index in [1.807, 2.05) is 63.2 Å². The van der Waals surface area contributed by atoms with Gasteiger partial charge in [-0.15, -0.1) is 0 Å². The van der Waals surface area contributed by atoms with Crippen LogP contribution < -0.4 is 10.1 Å². The van der Waals surface area contributed by atoms with Gasteiger partial charge in [0.1, 0.15) is 11.8 Å². The van der Waals surface area contributed by atoms with Crippen LogP contribution in [0.15, 0.2) is 71.2 Å². The Bertz CT molecular complexity index is 1200. The van der Waals surface area contributed by atoms with Crippen molar-refractivity contribution >= 4 is 50.9 Å². The molecule has 0 radical (unpaired) electrons. The molecule has 0 saturated heterocycles. The maximum absolute atomic E-state index is 13.6. The molecule has 8 heteroatoms. The standard InChI is InChI=1S/C28H29BrCl2N2O3/c1-18(2)32-28(35)26(14-20-7-5-4-6-8-20)33(16-21-9-10-22(30)15-25(21)31)27(34)17-36-23-11-12-24(29)19(3)13-23/h4-13,15,18,26H,14,16-17H2,1-3H3,(H,32,35). The lowest BCUT2D eigenvalue weighted by Crippen LogP contribution is -2.52. The predicted molar refractivity (Wildman–Crippen MR) is 149 cm³/mol. The first-order valence-corrected chi connectivity index (χ1v) is 13.2. The Labute approximate surface area is 230 Å². The van der Waals surface area contributed by atoms with E-state index >= 15 is 0 Å². The number of hydrogen-bond donors (Lipinski definition) is 1. The molecule has 1 N–H and O–H groups in total. The number of ether oxygens (including phenoxy) is 1. The van der Waals surface area contributed by atoms with Crippen LogP contribution in [0.1, 0.15) is 30.5 Å². The number of rotatable bonds is 10. The Hall–Kier alpha value is -2.54. The van der Waals surface area contributed by atoms with Gasteiger partial charge < -0.3 is 15.0 Å². The Kier molecular flexibility index (Phi) is 10.2. The largest absolute Gasteiger partial charge is 0.484 e. The van der Waals surface area contributed by atoms with Gasteiger partial charge in [0.2, 0.25) is 5.91 Å². The van der Waals surface area contributed by atoms with E-state index in [4.69, 9.17) is 27.9 Å². The molecule has 1 unspecified atom stereocenters. The molecule has 3 rings (SSSR count). The predicted octanol–water partition coefficient (Wildman–Crippen LogP) is 6.61. The van der Waals surface area contributed by atoms with Crippen molar-refractivity contribution in [3.05, 3.63) is 97.9 Å². The average molecular weight is 592 g/mol. The van der Waals surface area contributed by atoms with Gasteiger partial charge in [-0.05, 0) is 67.8 Å². The number of nitrogens with one attached hydrogen (secondary N) is 1. The SMILES string of the molecule is Cc1cc(OCC(=O)N(Cc2ccc(Cl)cc2Cl)C(Cc2ccccc2)C(=O)NC(C)C)ccc1Br. The molecular weight excluding hydrogens is 563 g/mol. The maximum Gasteiger partial charge on any atom is 0.261 e. The van der Waals surface area contributed by atoms with Gasteiger partial charge in [0, 0.05) is 33.5 Å². The third-order valence-corrected chi connectivity index (χ3v) is 7.03. The van der Waals surface area contributed by atoms with Crippen molar-refractivity contribution in [2.75, 3.05) is 6.61 Å². The summed E-state index contributed by atoms with van der Waals surface area (Å²) in [5, 5.41) is 3.88. The molecular formula is C28H29BrCl2N2O3. The number of nitrogens with zero attached hydrogens (tertiary/aromatic N) is 1. The number of aryl methyl sites for hydroxylation is 1. The lowest BCUT2D eigenvalue weighted by molar-refractivity contribution is -0.143. The highest BCUT2D eigenvalue weighted by molar-refractivity contribution is 9.10. The van der Waals surface area contributed by atoms with E-state index in [-0.39, 0.29) is 31.0 Å². The number of hydrogen-bond acceptors (Lipinski definition) is 3. The van der Waals surface area contributed by atoms with E-state index in [0.29, 0.717) is 27.8 Å². The van der Waals surface area contributed by atoms with E-state index in [1.165, 1.54) is 4.90 Å². The van der Waals surface area contributed by atoms with Crippen LogP contribution in [-0.4, -0.2) is 35.4 Å². The first-order valence-electron chi connectivity index (χ1n) is 11.6. The van der Waals surface area contributed by atoms with E-state index in [9.17, 15) is 9.59 Å². The monoisotopic (exact) mass is 590 g/mol. The third kappa shape index (κ3) is 7.99. The molecule has 3 aromatic rings. The van der Waals surface area contributed by atoms with Crippen molar-refractivity contribution in [2.45, 2.75) is 45.8 Å². The molecule has 0 aliphatic heterocycles. The Morgan fingerprint density at radius 1 is 1.03 bits per heavy atom. The van der Waals surface area contributed by atoms with Crippen LogP contribution in [0.25, 0.3) is 0 Å². The summed E-state index contributed by atoms with van der Waals surface area (Å²) in [6.07, 6.45) is 0.341. The highest BCUT2D eigenvalue weighted by atomic mass is 79.9. The molecule has 0 bridgehead atoms. The van der Waals surface area contributed by atoms with Gasteiger partial charge in [-0.3, -0.25) is 9.59 Å². The Morgan fingerprint density at radius 3 is 2.39 bits per heavy atom. The second kappa shape index (κ2) is 13.1. The van der Waals surface area contributed by atoms with Gasteiger partial charge in [0.25, 0.3) is 5.91 Å². The van der Waals surface area contributed by atoms with Gasteiger partial charge in [0.15, 0.2) is 6.61 Å². The van der Waals surface area contributed by atoms with E-state index < -0.39 is 6.04 Å². The number of amides is 2. The van der Waals surface area contributed by atoms with Crippen LogP contribution in [0, 0.1) is 6.92 Å². The molecule has 3 aromatic carbocycles. The zero-order valence-electron chi connectivity index (χ0n) is 20.4. The number of carbonyl (C=O) groups is 2. The first kappa shape index (κ1) is 28.0. The molecule has 190 valence electrons. The van der Waals surface area contributed by atoms with Crippen LogP contribution in [0.3, 0.4) is 0 Å². The van der Waals surface area contributed by atoms with Gasteiger partial charge in [0.05, 0.1) is 0 Å². The lowest BCUT2D eigenvalue weighted by Gasteiger charge is -2.32. The summed E-state index contributed by atoms with van der Waals surface area (Å²) in [7, 11) is 0. The molecule has 0 heterocycles. The van der Waals surface area contributed by atoms with Crippen molar-refractivity contribution in [3.63, 3.8) is 0 Å². The summed E-state index contributed by atoms with van der Waals surface area (Å²) >= 11 is 16.0. The maximum atomic E-state index is 13.6. The molecule has 0 aliphatic rings. The summed E-state index contributed by atoms with van der Waals surface area (Å²) in [6, 6.07) is 19.4. The average Bonchev–Trinajstić information content (AvgIpc) is 2.83. The molecule has 0 fully saturated rings. The van der Waals surface area contributed by atoms with Gasteiger partial charge in [-0.1, -0.05) is 75.5 Å². The highest BCUT2D eigenvalue weighted by Crippen LogP contribution is 2.25. The van der Waals surface area contributed by atoms with E-state index in [1.54, 1.807) is 24.3 Å². The summed E-state index contributed by atoms with van der Waals surface area (Å²) in [5.41, 5.74) is 2.61. The smallest absolute Gasteiger partial charge is 0.261 e. The minimum Gasteiger partial charge on any atom is -0.484 e. The summed E-state index contributed by atoms with van der Waals surface area (Å²) in [6.45, 7) is 5.62. The van der Waals surface area contributed by atoms with Crippen molar-refractivity contribution in [2.24, 2.45) is 0 Å². The normalized spacial score (nSPS) is 11.8. The lowest BCUT2D eigenvalue weighted by atomic mass is 10.0. The molecule has 0 aliphatic carbocycles. The summed E-state index contributed by atoms with van der Waals surface area (Å²) < 4.78 is 6.79. The molecule has 36 heavy (non-hydrogen) atoms. The number of benzene rings is 3. The highest BCUT2D eigenvalue weighted by Gasteiger charge is 2.31. The second-order valence-corrected chi connectivity index (χ2v) is 10.5. The quantitative estimate of drug-likeness (QED) is 0.289. The molecule has 5 nitrogen and oxygen atoms in total. The summed E-state index contributed by atoms with van der Waals surface area (Å²) in [4.78, 5) is 28.5. The fraction of sp³-hybridized carbons (Fsp3) is 0.286. The van der Waals surface area contributed by atoms with Crippen LogP contribution in [-0.2, 0) is 22.6 Å². The fourth-order valence-corrected chi connectivity index (χ4v) is 4.42. The summed E-state index contributed by atoms with van der Waals surface area (Å²) in [5.74, 6) is -0.00651. The van der Waals surface area contributed by atoms with Crippen LogP contribution in [0.4, 0.5) is 0 Å². The minimum absolute atomic E-state index is 0.0890. The van der Waals surface area contributed by atoms with Gasteiger partial charge >= 0.3 is 0 Å². The van der Waals surface area contributed by atoms with Crippen molar-refractivity contribution in [1.82, 2.24) is 10.2 Å². The van der Waals surface area contributed by atoms with Crippen LogP contribution in [0.2, 0.25) is 10.0 Å². The molecule has 0 spiro atoms. The van der Waals surface area contributed by atoms with E-state index in [0.717, 1.165) is 15.6 Å². The Balaban J connectivity index is 1.94. The zero-order valence-corrected chi connectivity index (χ0v) is 23.5. The molecule has 2 amide bonds. The van der Waals surface area contributed by atoms with Crippen molar-refractivity contribution in [3.8, 4) is 5.75 Å². The van der Waals surface area contributed by atoms with Crippen LogP contribution >= 0.6 is 39.1 Å².